The van der Waals surface area contributed by atoms with E-state index in [1.54, 1.807) is 0 Å². The van der Waals surface area contributed by atoms with E-state index in [1.165, 1.54) is 59.9 Å². The Morgan fingerprint density at radius 1 is 0.487 bits per heavy atom. The molecule has 5 nitrogen and oxygen atoms in total. The number of rotatable bonds is 7. The zero-order valence-corrected chi connectivity index (χ0v) is 48.9. The SMILES string of the molecule is CC(C)(C)c1cc(-c2cccc3c4ccccc4c4ccccc4c4cccc5c4n(c23)[CH-]N5c2[c-]c(Oc3[c-]c4c(cc3)c3cc(-c5ccccc5)ccc3n4-c3cc(C(C)(C)C)ccn3)ccc2)cc([Si](C)(C)C)c1.[Pt]. The van der Waals surface area contributed by atoms with Crippen LogP contribution in [0.5, 0.6) is 11.5 Å². The first-order chi connectivity index (χ1) is 37.1. The molecule has 0 radical (unpaired) electrons. The number of hydrogen-bond donors (Lipinski definition) is 0. The summed E-state index contributed by atoms with van der Waals surface area (Å²) in [6, 6.07) is 78.2. The Morgan fingerprint density at radius 3 is 1.81 bits per heavy atom. The van der Waals surface area contributed by atoms with Gasteiger partial charge >= 0.3 is 0 Å². The first kappa shape index (κ1) is 50.9. The third-order valence-electron chi connectivity index (χ3n) is 15.6. The Balaban J connectivity index is 0.00000609. The molecule has 0 N–H and O–H groups in total. The van der Waals surface area contributed by atoms with Gasteiger partial charge in [-0.25, -0.2) is 4.98 Å². The van der Waals surface area contributed by atoms with Gasteiger partial charge in [-0.05, 0) is 124 Å². The minimum Gasteiger partial charge on any atom is -0.509 e. The van der Waals surface area contributed by atoms with E-state index < -0.39 is 8.07 Å². The molecule has 0 spiro atoms. The molecule has 78 heavy (non-hydrogen) atoms. The molecule has 3 aromatic heterocycles. The van der Waals surface area contributed by atoms with Gasteiger partial charge in [0.2, 0.25) is 0 Å². The van der Waals surface area contributed by atoms with Gasteiger partial charge in [0.1, 0.15) is 5.82 Å². The van der Waals surface area contributed by atoms with Crippen LogP contribution in [0.4, 0.5) is 11.4 Å². The second-order valence-electron chi connectivity index (χ2n) is 23.8. The maximum Gasteiger partial charge on any atom is 0.135 e. The standard InChI is InChI=1S/C71H61N4OSi.Pt/c1-70(2,3)49-36-37-72-67(42-49)75-64-35-32-47(46-20-11-10-12-21-46)40-63(64)60-34-33-53(44-66(60)75)76-52-23-17-22-51(43-52)73-45-74-68-55(48-38-50(71(4,5)6)41-54(39-48)77(7,8)9)28-18-29-61(68)58-26-15-13-24-56(58)57-25-14-16-27-59(57)62-30-19-31-65(73)69(62)74;/h10-42,45H,1-9H3;/q-3;. The summed E-state index contributed by atoms with van der Waals surface area (Å²) in [7, 11) is -1.75. The molecule has 1 aliphatic rings. The summed E-state index contributed by atoms with van der Waals surface area (Å²) in [6.07, 6.45) is 1.92. The van der Waals surface area contributed by atoms with Gasteiger partial charge in [0.15, 0.2) is 0 Å². The second kappa shape index (κ2) is 19.2. The average Bonchev–Trinajstić information content (AvgIpc) is 4.20. The van der Waals surface area contributed by atoms with Gasteiger partial charge in [-0.2, -0.15) is 12.1 Å². The predicted octanol–water partition coefficient (Wildman–Crippen LogP) is 18.7. The van der Waals surface area contributed by atoms with Crippen molar-refractivity contribution in [1.29, 1.82) is 0 Å². The van der Waals surface area contributed by atoms with E-state index in [0.29, 0.717) is 11.5 Å². The molecule has 0 unspecified atom stereocenters. The molecule has 388 valence electrons. The first-order valence-corrected chi connectivity index (χ1v) is 30.3. The van der Waals surface area contributed by atoms with E-state index in [1.807, 2.05) is 18.3 Å². The third-order valence-corrected chi connectivity index (χ3v) is 17.6. The molecule has 0 aliphatic carbocycles. The van der Waals surface area contributed by atoms with E-state index in [2.05, 4.69) is 276 Å². The smallest absolute Gasteiger partial charge is 0.135 e. The number of anilines is 2. The van der Waals surface area contributed by atoms with Gasteiger partial charge in [0.25, 0.3) is 0 Å². The molecule has 0 saturated carbocycles. The van der Waals surface area contributed by atoms with Crippen molar-refractivity contribution >= 4 is 89.8 Å². The maximum atomic E-state index is 6.88. The second-order valence-corrected chi connectivity index (χ2v) is 28.9. The molecule has 0 atom stereocenters. The van der Waals surface area contributed by atoms with Gasteiger partial charge in [-0.1, -0.05) is 217 Å². The number of aromatic nitrogens is 3. The van der Waals surface area contributed by atoms with Crippen molar-refractivity contribution in [3.63, 3.8) is 0 Å². The van der Waals surface area contributed by atoms with Crippen LogP contribution < -0.4 is 14.8 Å². The van der Waals surface area contributed by atoms with Gasteiger partial charge in [0, 0.05) is 50.0 Å². The number of benzene rings is 9. The Morgan fingerprint density at radius 2 is 1.12 bits per heavy atom. The Labute approximate surface area is 473 Å². The zero-order chi connectivity index (χ0) is 53.0. The molecule has 13 rings (SSSR count). The number of pyridine rings is 1. The number of nitrogens with zero attached hydrogens (tertiary/aromatic N) is 4. The van der Waals surface area contributed by atoms with Gasteiger partial charge < -0.3 is 18.8 Å². The van der Waals surface area contributed by atoms with Gasteiger partial charge in [0.05, 0.1) is 8.07 Å². The Hall–Kier alpha value is -7.89. The van der Waals surface area contributed by atoms with Crippen LogP contribution in [-0.2, 0) is 31.9 Å². The molecule has 12 aromatic rings. The molecule has 9 aromatic carbocycles. The van der Waals surface area contributed by atoms with Crippen molar-refractivity contribution in [2.24, 2.45) is 0 Å². The summed E-state index contributed by atoms with van der Waals surface area (Å²) < 4.78 is 11.6. The van der Waals surface area contributed by atoms with Crippen LogP contribution in [0.1, 0.15) is 52.7 Å². The average molecular weight is 1210 g/mol. The van der Waals surface area contributed by atoms with Crippen LogP contribution >= 0.6 is 0 Å². The minimum absolute atomic E-state index is 0. The van der Waals surface area contributed by atoms with Crippen LogP contribution in [0.25, 0.3) is 93.2 Å². The van der Waals surface area contributed by atoms with Crippen molar-refractivity contribution in [1.82, 2.24) is 14.1 Å². The number of hydrogen-bond acceptors (Lipinski definition) is 3. The Bertz CT molecular complexity index is 4380. The van der Waals surface area contributed by atoms with Gasteiger partial charge in [-0.15, -0.1) is 35.7 Å². The summed E-state index contributed by atoms with van der Waals surface area (Å²) in [5.74, 6) is 2.02. The summed E-state index contributed by atoms with van der Waals surface area (Å²) in [5.41, 5.74) is 13.3. The fourth-order valence-electron chi connectivity index (χ4n) is 11.4. The molecule has 1 aliphatic heterocycles. The van der Waals surface area contributed by atoms with Crippen LogP contribution in [0.2, 0.25) is 19.6 Å². The quantitative estimate of drug-likeness (QED) is 0.118. The maximum absolute atomic E-state index is 6.88. The number of para-hydroxylation sites is 2. The molecule has 4 heterocycles. The molecule has 0 saturated heterocycles. The van der Waals surface area contributed by atoms with Crippen molar-refractivity contribution in [2.45, 2.75) is 72.0 Å². The number of ether oxygens (including phenoxy) is 1. The molecule has 7 heteroatoms. The molecule has 0 bridgehead atoms. The van der Waals surface area contributed by atoms with E-state index in [-0.39, 0.29) is 31.9 Å². The largest absolute Gasteiger partial charge is 0.509 e. The van der Waals surface area contributed by atoms with Crippen molar-refractivity contribution in [3.8, 4) is 39.6 Å². The van der Waals surface area contributed by atoms with E-state index in [4.69, 9.17) is 9.72 Å². The normalized spacial score (nSPS) is 12.7. The minimum atomic E-state index is -1.75. The third kappa shape index (κ3) is 8.85. The molecule has 0 fully saturated rings. The monoisotopic (exact) mass is 1210 g/mol. The van der Waals surface area contributed by atoms with Crippen LogP contribution in [0.15, 0.2) is 200 Å². The van der Waals surface area contributed by atoms with Crippen LogP contribution in [0, 0.1) is 18.8 Å². The predicted molar refractivity (Wildman–Crippen MR) is 328 cm³/mol. The Kier molecular flexibility index (Phi) is 12.5. The summed E-state index contributed by atoms with van der Waals surface area (Å²) >= 11 is 0. The molecule has 0 amide bonds. The van der Waals surface area contributed by atoms with E-state index >= 15 is 0 Å². The number of fused-ring (bicyclic) bond motifs is 10. The topological polar surface area (TPSA) is 35.2 Å². The zero-order valence-electron chi connectivity index (χ0n) is 45.6. The van der Waals surface area contributed by atoms with Crippen molar-refractivity contribution < 1.29 is 25.8 Å². The fourth-order valence-corrected chi connectivity index (χ4v) is 12.6. The van der Waals surface area contributed by atoms with E-state index in [0.717, 1.165) is 61.0 Å². The van der Waals surface area contributed by atoms with E-state index in [9.17, 15) is 0 Å². The fraction of sp³-hybridized carbons (Fsp3) is 0.155. The summed E-state index contributed by atoms with van der Waals surface area (Å²) in [6.45, 7) is 23.4. The molecular formula is C71H61N4OPtSi-3. The van der Waals surface area contributed by atoms with Crippen molar-refractivity contribution in [3.05, 3.63) is 230 Å². The first-order valence-electron chi connectivity index (χ1n) is 26.8. The van der Waals surface area contributed by atoms with Crippen LogP contribution in [-0.4, -0.2) is 22.2 Å². The molecular weight excluding hydrogens is 1150 g/mol. The summed E-state index contributed by atoms with van der Waals surface area (Å²) in [5, 5.41) is 10.8. The van der Waals surface area contributed by atoms with Gasteiger partial charge in [-0.3, -0.25) is 0 Å². The van der Waals surface area contributed by atoms with Crippen molar-refractivity contribution in [2.75, 3.05) is 4.90 Å². The summed E-state index contributed by atoms with van der Waals surface area (Å²) in [4.78, 5) is 7.26. The van der Waals surface area contributed by atoms with Crippen LogP contribution in [0.3, 0.4) is 0 Å².